The van der Waals surface area contributed by atoms with E-state index in [1.54, 1.807) is 0 Å². The molecule has 0 aliphatic heterocycles. The van der Waals surface area contributed by atoms with Gasteiger partial charge < -0.3 is 17.5 Å². The lowest BCUT2D eigenvalue weighted by molar-refractivity contribution is -0.137. The molecular weight excluding hydrogens is 284 g/mol. The molecule has 0 spiro atoms. The highest BCUT2D eigenvalue weighted by atomic mass is 35.5. The molecule has 0 saturated carbocycles. The molecule has 0 heterocycles. The third-order valence-electron chi connectivity index (χ3n) is 3.65. The smallest absolute Gasteiger partial charge is 0.303 e. The molecule has 126 valence electrons. The molecule has 0 bridgehead atoms. The fourth-order valence-electron chi connectivity index (χ4n) is 2.35. The van der Waals surface area contributed by atoms with Gasteiger partial charge in [0.1, 0.15) is 0 Å². The summed E-state index contributed by atoms with van der Waals surface area (Å²) < 4.78 is 0. The van der Waals surface area contributed by atoms with Crippen LogP contribution in [0.25, 0.3) is 0 Å². The van der Waals surface area contributed by atoms with Crippen molar-refractivity contribution in [3.05, 3.63) is 12.2 Å². The van der Waals surface area contributed by atoms with Crippen LogP contribution in [0.2, 0.25) is 0 Å². The molecule has 0 aromatic rings. The highest BCUT2D eigenvalue weighted by Gasteiger charge is 1.95. The molecule has 0 atom stereocenters. The van der Waals surface area contributed by atoms with Gasteiger partial charge in [0.2, 0.25) is 0 Å². The molecule has 21 heavy (non-hydrogen) atoms. The number of unbranched alkanes of at least 4 members (excludes halogenated alkanes) is 11. The van der Waals surface area contributed by atoms with E-state index in [-0.39, 0.29) is 12.4 Å². The molecule has 3 heteroatoms. The van der Waals surface area contributed by atoms with Gasteiger partial charge in [-0.1, -0.05) is 70.4 Å². The van der Waals surface area contributed by atoms with Crippen molar-refractivity contribution in [1.82, 2.24) is 0 Å². The van der Waals surface area contributed by atoms with E-state index in [9.17, 15) is 4.79 Å². The lowest BCUT2D eigenvalue weighted by atomic mass is 10.1. The third-order valence-corrected chi connectivity index (χ3v) is 3.65. The van der Waals surface area contributed by atoms with Crippen molar-refractivity contribution >= 4 is 5.97 Å². The second-order valence-electron chi connectivity index (χ2n) is 5.73. The van der Waals surface area contributed by atoms with Crippen LogP contribution in [-0.4, -0.2) is 11.1 Å². The molecular formula is C18H34ClO2-. The third kappa shape index (κ3) is 21.9. The highest BCUT2D eigenvalue weighted by Crippen LogP contribution is 2.09. The number of carboxylic acid groups (broad SMARTS) is 1. The van der Waals surface area contributed by atoms with Gasteiger partial charge in [0.15, 0.2) is 0 Å². The lowest BCUT2D eigenvalue weighted by Gasteiger charge is -1.99. The van der Waals surface area contributed by atoms with Gasteiger partial charge in [0, 0.05) is 6.42 Å². The Morgan fingerprint density at radius 2 is 1.19 bits per heavy atom. The quantitative estimate of drug-likeness (QED) is 0.372. The van der Waals surface area contributed by atoms with Crippen molar-refractivity contribution in [1.29, 1.82) is 0 Å². The number of aliphatic carboxylic acids is 1. The molecule has 1 N–H and O–H groups in total. The zero-order valence-electron chi connectivity index (χ0n) is 13.8. The second-order valence-corrected chi connectivity index (χ2v) is 5.73. The minimum Gasteiger partial charge on any atom is -1.00 e. The van der Waals surface area contributed by atoms with Crippen LogP contribution in [0.4, 0.5) is 0 Å². The topological polar surface area (TPSA) is 37.3 Å². The molecule has 2 nitrogen and oxygen atoms in total. The van der Waals surface area contributed by atoms with Crippen molar-refractivity contribution in [2.24, 2.45) is 0 Å². The Labute approximate surface area is 137 Å². The van der Waals surface area contributed by atoms with Crippen LogP contribution in [0.5, 0.6) is 0 Å². The molecule has 0 aliphatic rings. The van der Waals surface area contributed by atoms with Crippen molar-refractivity contribution < 1.29 is 22.3 Å². The lowest BCUT2D eigenvalue weighted by Crippen LogP contribution is -3.00. The van der Waals surface area contributed by atoms with Crippen molar-refractivity contribution in [3.8, 4) is 0 Å². The summed E-state index contributed by atoms with van der Waals surface area (Å²) in [5.74, 6) is -0.664. The summed E-state index contributed by atoms with van der Waals surface area (Å²) in [6.07, 6.45) is 21.2. The summed E-state index contributed by atoms with van der Waals surface area (Å²) in [6, 6.07) is 0. The van der Waals surface area contributed by atoms with Crippen LogP contribution >= 0.6 is 0 Å². The van der Waals surface area contributed by atoms with Crippen molar-refractivity contribution in [2.75, 3.05) is 0 Å². The summed E-state index contributed by atoms with van der Waals surface area (Å²) in [4.78, 5) is 10.3. The first-order valence-electron chi connectivity index (χ1n) is 8.64. The molecule has 0 aromatic carbocycles. The Morgan fingerprint density at radius 1 is 0.762 bits per heavy atom. The van der Waals surface area contributed by atoms with Crippen molar-refractivity contribution in [2.45, 2.75) is 96.8 Å². The van der Waals surface area contributed by atoms with Gasteiger partial charge in [-0.3, -0.25) is 4.79 Å². The van der Waals surface area contributed by atoms with Gasteiger partial charge in [-0.25, -0.2) is 0 Å². The average Bonchev–Trinajstić information content (AvgIpc) is 2.43. The van der Waals surface area contributed by atoms with E-state index >= 15 is 0 Å². The van der Waals surface area contributed by atoms with E-state index in [1.807, 2.05) is 0 Å². The van der Waals surface area contributed by atoms with Gasteiger partial charge in [-0.05, 0) is 32.1 Å². The number of hydrogen-bond donors (Lipinski definition) is 1. The summed E-state index contributed by atoms with van der Waals surface area (Å²) in [5, 5.41) is 8.51. The van der Waals surface area contributed by atoms with Crippen LogP contribution in [0, 0.1) is 0 Å². The first-order valence-corrected chi connectivity index (χ1v) is 8.64. The molecule has 0 radical (unpaired) electrons. The van der Waals surface area contributed by atoms with Crippen LogP contribution in [0.3, 0.4) is 0 Å². The van der Waals surface area contributed by atoms with Gasteiger partial charge in [-0.2, -0.15) is 0 Å². The molecule has 0 unspecified atom stereocenters. The van der Waals surface area contributed by atoms with E-state index in [1.165, 1.54) is 70.6 Å². The minimum atomic E-state index is -0.664. The van der Waals surface area contributed by atoms with E-state index < -0.39 is 5.97 Å². The largest absolute Gasteiger partial charge is 1.00 e. The molecule has 0 amide bonds. The Balaban J connectivity index is 0. The van der Waals surface area contributed by atoms with Crippen molar-refractivity contribution in [3.63, 3.8) is 0 Å². The SMILES string of the molecule is CCCCCCCCC=CCCCCCCCC(=O)O.[Cl-]. The highest BCUT2D eigenvalue weighted by molar-refractivity contribution is 5.66. The van der Waals surface area contributed by atoms with E-state index in [0.717, 1.165) is 12.8 Å². The molecule has 0 rings (SSSR count). The van der Waals surface area contributed by atoms with E-state index in [0.29, 0.717) is 6.42 Å². The standard InChI is InChI=1S/C18H34O2.ClH/c1-2-3-4-5-6-7-8-9-10-11-12-13-14-15-16-17-18(19)20;/h9-10H,2-8,11-17H2,1H3,(H,19,20);1H/p-1. The predicted octanol–water partition coefficient (Wildman–Crippen LogP) is 3.11. The molecule has 0 saturated heterocycles. The van der Waals surface area contributed by atoms with Crippen LogP contribution in [0.15, 0.2) is 12.2 Å². The minimum absolute atomic E-state index is 0. The molecule has 0 aliphatic carbocycles. The van der Waals surface area contributed by atoms with Crippen LogP contribution < -0.4 is 12.4 Å². The Hall–Kier alpha value is -0.500. The van der Waals surface area contributed by atoms with Crippen LogP contribution in [0.1, 0.15) is 96.8 Å². The fourth-order valence-corrected chi connectivity index (χ4v) is 2.35. The van der Waals surface area contributed by atoms with Gasteiger partial charge in [0.25, 0.3) is 0 Å². The zero-order valence-corrected chi connectivity index (χ0v) is 14.5. The Morgan fingerprint density at radius 3 is 1.67 bits per heavy atom. The maximum absolute atomic E-state index is 10.3. The Bertz CT molecular complexity index is 239. The first kappa shape index (κ1) is 22.8. The molecule has 0 aromatic heterocycles. The number of rotatable bonds is 15. The van der Waals surface area contributed by atoms with Gasteiger partial charge >= 0.3 is 5.97 Å². The van der Waals surface area contributed by atoms with Gasteiger partial charge in [-0.15, -0.1) is 0 Å². The average molecular weight is 318 g/mol. The summed E-state index contributed by atoms with van der Waals surface area (Å²) >= 11 is 0. The van der Waals surface area contributed by atoms with E-state index in [4.69, 9.17) is 5.11 Å². The number of hydrogen-bond acceptors (Lipinski definition) is 1. The van der Waals surface area contributed by atoms with Gasteiger partial charge in [0.05, 0.1) is 0 Å². The fraction of sp³-hybridized carbons (Fsp3) is 0.833. The summed E-state index contributed by atoms with van der Waals surface area (Å²) in [5.41, 5.74) is 0. The maximum Gasteiger partial charge on any atom is 0.303 e. The zero-order chi connectivity index (χ0) is 14.9. The molecule has 0 fully saturated rings. The number of allylic oxidation sites excluding steroid dienone is 2. The first-order chi connectivity index (χ1) is 9.77. The predicted molar refractivity (Wildman–Crippen MR) is 87.1 cm³/mol. The van der Waals surface area contributed by atoms with Crippen LogP contribution in [-0.2, 0) is 4.79 Å². The normalized spacial score (nSPS) is 10.7. The Kier molecular flexibility index (Phi) is 21.1. The monoisotopic (exact) mass is 317 g/mol. The number of carbonyl (C=O) groups is 1. The second kappa shape index (κ2) is 19.5. The summed E-state index contributed by atoms with van der Waals surface area (Å²) in [7, 11) is 0. The number of carboxylic acids is 1. The summed E-state index contributed by atoms with van der Waals surface area (Å²) in [6.45, 7) is 2.26. The van der Waals surface area contributed by atoms with E-state index in [2.05, 4.69) is 19.1 Å². The number of halogens is 1. The maximum atomic E-state index is 10.3.